The van der Waals surface area contributed by atoms with Crippen molar-refractivity contribution in [3.63, 3.8) is 0 Å². The van der Waals surface area contributed by atoms with Gasteiger partial charge in [0, 0.05) is 16.9 Å². The fourth-order valence-electron chi connectivity index (χ4n) is 2.83. The Labute approximate surface area is 129 Å². The van der Waals surface area contributed by atoms with Gasteiger partial charge in [0.15, 0.2) is 0 Å². The van der Waals surface area contributed by atoms with Crippen molar-refractivity contribution in [3.05, 3.63) is 30.6 Å². The summed E-state index contributed by atoms with van der Waals surface area (Å²) in [6.45, 7) is 0. The second-order valence-corrected chi connectivity index (χ2v) is 9.17. The van der Waals surface area contributed by atoms with Gasteiger partial charge in [0.2, 0.25) is 0 Å². The first-order chi connectivity index (χ1) is 10.0. The average Bonchev–Trinajstić information content (AvgIpc) is 2.47. The number of thioether (sulfide) groups is 1. The Kier molecular flexibility index (Phi) is 4.17. The SMILES string of the molecule is CS(=O)(=O)[C@@H]1CCC[C@@H](Sc2ncnc3ccccc23)C1. The number of sulfone groups is 1. The zero-order valence-corrected chi connectivity index (χ0v) is 13.5. The van der Waals surface area contributed by atoms with Crippen LogP contribution in [-0.4, -0.2) is 35.1 Å². The van der Waals surface area contributed by atoms with E-state index in [9.17, 15) is 8.42 Å². The molecule has 112 valence electrons. The van der Waals surface area contributed by atoms with Crippen LogP contribution in [0.3, 0.4) is 0 Å². The molecule has 0 aliphatic heterocycles. The molecule has 0 unspecified atom stereocenters. The number of aromatic nitrogens is 2. The molecule has 0 amide bonds. The van der Waals surface area contributed by atoms with E-state index in [1.54, 1.807) is 18.1 Å². The van der Waals surface area contributed by atoms with Gasteiger partial charge in [0.05, 0.1) is 10.8 Å². The molecule has 1 saturated carbocycles. The molecule has 1 fully saturated rings. The van der Waals surface area contributed by atoms with Crippen LogP contribution in [-0.2, 0) is 9.84 Å². The molecule has 0 saturated heterocycles. The summed E-state index contributed by atoms with van der Waals surface area (Å²) < 4.78 is 23.5. The first kappa shape index (κ1) is 14.8. The molecular weight excluding hydrogens is 304 g/mol. The maximum Gasteiger partial charge on any atom is 0.150 e. The van der Waals surface area contributed by atoms with Crippen molar-refractivity contribution in [2.45, 2.75) is 41.2 Å². The second-order valence-electron chi connectivity index (χ2n) is 5.55. The molecule has 1 aromatic carbocycles. The Hall–Kier alpha value is -1.14. The van der Waals surface area contributed by atoms with E-state index in [1.165, 1.54) is 6.26 Å². The Morgan fingerprint density at radius 2 is 2.00 bits per heavy atom. The third kappa shape index (κ3) is 3.37. The van der Waals surface area contributed by atoms with Gasteiger partial charge in [-0.3, -0.25) is 0 Å². The normalized spacial score (nSPS) is 23.3. The minimum absolute atomic E-state index is 0.197. The van der Waals surface area contributed by atoms with Crippen LogP contribution in [0.1, 0.15) is 25.7 Å². The van der Waals surface area contributed by atoms with E-state index in [-0.39, 0.29) is 5.25 Å². The lowest BCUT2D eigenvalue weighted by Gasteiger charge is -2.27. The first-order valence-corrected chi connectivity index (χ1v) is 9.93. The molecule has 1 heterocycles. The van der Waals surface area contributed by atoms with Crippen LogP contribution in [0.2, 0.25) is 0 Å². The van der Waals surface area contributed by atoms with Gasteiger partial charge in [-0.15, -0.1) is 11.8 Å². The van der Waals surface area contributed by atoms with Crippen LogP contribution in [0, 0.1) is 0 Å². The molecule has 21 heavy (non-hydrogen) atoms. The summed E-state index contributed by atoms with van der Waals surface area (Å²) in [4.78, 5) is 8.66. The monoisotopic (exact) mass is 322 g/mol. The third-order valence-electron chi connectivity index (χ3n) is 3.97. The second kappa shape index (κ2) is 5.93. The molecule has 0 bridgehead atoms. The number of para-hydroxylation sites is 1. The third-order valence-corrected chi connectivity index (χ3v) is 6.92. The van der Waals surface area contributed by atoms with Crippen molar-refractivity contribution in [1.82, 2.24) is 9.97 Å². The number of fused-ring (bicyclic) bond motifs is 1. The van der Waals surface area contributed by atoms with Crippen LogP contribution >= 0.6 is 11.8 Å². The van der Waals surface area contributed by atoms with Crippen molar-refractivity contribution in [3.8, 4) is 0 Å². The van der Waals surface area contributed by atoms with Crippen LogP contribution in [0.15, 0.2) is 35.6 Å². The van der Waals surface area contributed by atoms with Gasteiger partial charge in [0.25, 0.3) is 0 Å². The topological polar surface area (TPSA) is 59.9 Å². The van der Waals surface area contributed by atoms with Crippen molar-refractivity contribution in [2.75, 3.05) is 6.26 Å². The number of rotatable bonds is 3. The lowest BCUT2D eigenvalue weighted by atomic mass is 10.00. The van der Waals surface area contributed by atoms with Crippen LogP contribution in [0.25, 0.3) is 10.9 Å². The molecule has 6 heteroatoms. The molecule has 2 aromatic rings. The molecule has 4 nitrogen and oxygen atoms in total. The summed E-state index contributed by atoms with van der Waals surface area (Å²) in [5.41, 5.74) is 0.936. The lowest BCUT2D eigenvalue weighted by Crippen LogP contribution is -2.28. The number of hydrogen-bond acceptors (Lipinski definition) is 5. The minimum Gasteiger partial charge on any atom is -0.236 e. The Morgan fingerprint density at radius 3 is 2.81 bits per heavy atom. The van der Waals surface area contributed by atoms with Gasteiger partial charge in [-0.2, -0.15) is 0 Å². The summed E-state index contributed by atoms with van der Waals surface area (Å²) in [5.74, 6) is 0. The quantitative estimate of drug-likeness (QED) is 0.813. The molecule has 0 N–H and O–H groups in total. The molecule has 0 radical (unpaired) electrons. The number of nitrogens with zero attached hydrogens (tertiary/aromatic N) is 2. The standard InChI is InChI=1S/C15H18N2O2S2/c1-21(18,19)12-6-4-5-11(9-12)20-15-13-7-2-3-8-14(13)16-10-17-15/h2-3,7-8,10-12H,4-6,9H2,1H3/t11-,12-/m1/s1. The zero-order valence-electron chi connectivity index (χ0n) is 11.9. The van der Waals surface area contributed by atoms with Crippen LogP contribution < -0.4 is 0 Å². The number of hydrogen-bond donors (Lipinski definition) is 0. The van der Waals surface area contributed by atoms with Crippen molar-refractivity contribution in [1.29, 1.82) is 0 Å². The molecule has 2 atom stereocenters. The van der Waals surface area contributed by atoms with Crippen LogP contribution in [0.4, 0.5) is 0 Å². The summed E-state index contributed by atoms with van der Waals surface area (Å²) in [6, 6.07) is 7.94. The van der Waals surface area contributed by atoms with Gasteiger partial charge in [-0.25, -0.2) is 18.4 Å². The highest BCUT2D eigenvalue weighted by atomic mass is 32.2. The molecular formula is C15H18N2O2S2. The first-order valence-electron chi connectivity index (χ1n) is 7.09. The summed E-state index contributed by atoms with van der Waals surface area (Å²) in [6.07, 6.45) is 6.47. The molecule has 0 spiro atoms. The van der Waals surface area contributed by atoms with Gasteiger partial charge < -0.3 is 0 Å². The molecule has 1 aromatic heterocycles. The fourth-order valence-corrected chi connectivity index (χ4v) is 5.46. The average molecular weight is 322 g/mol. The van der Waals surface area contributed by atoms with E-state index < -0.39 is 9.84 Å². The Morgan fingerprint density at radius 1 is 1.19 bits per heavy atom. The number of benzene rings is 1. The van der Waals surface area contributed by atoms with Crippen molar-refractivity contribution < 1.29 is 8.42 Å². The van der Waals surface area contributed by atoms with Crippen molar-refractivity contribution >= 4 is 32.5 Å². The van der Waals surface area contributed by atoms with Gasteiger partial charge in [0.1, 0.15) is 21.2 Å². The summed E-state index contributed by atoms with van der Waals surface area (Å²) in [7, 11) is -2.94. The fraction of sp³-hybridized carbons (Fsp3) is 0.467. The minimum atomic E-state index is -2.94. The maximum absolute atomic E-state index is 11.8. The van der Waals surface area contributed by atoms with Gasteiger partial charge in [-0.05, 0) is 25.3 Å². The Bertz CT molecular complexity index is 741. The lowest BCUT2D eigenvalue weighted by molar-refractivity contribution is 0.495. The van der Waals surface area contributed by atoms with E-state index in [0.29, 0.717) is 5.25 Å². The van der Waals surface area contributed by atoms with E-state index >= 15 is 0 Å². The highest BCUT2D eigenvalue weighted by molar-refractivity contribution is 8.00. The molecule has 1 aliphatic carbocycles. The van der Waals surface area contributed by atoms with Crippen LogP contribution in [0.5, 0.6) is 0 Å². The highest BCUT2D eigenvalue weighted by Gasteiger charge is 2.29. The largest absolute Gasteiger partial charge is 0.236 e. The molecule has 1 aliphatic rings. The summed E-state index contributed by atoms with van der Waals surface area (Å²) >= 11 is 1.70. The predicted octanol–water partition coefficient (Wildman–Crippen LogP) is 3.08. The molecule has 3 rings (SSSR count). The van der Waals surface area contributed by atoms with E-state index in [0.717, 1.165) is 41.6 Å². The van der Waals surface area contributed by atoms with E-state index in [4.69, 9.17) is 0 Å². The van der Waals surface area contributed by atoms with Gasteiger partial charge in [-0.1, -0.05) is 24.6 Å². The predicted molar refractivity (Wildman–Crippen MR) is 86.3 cm³/mol. The smallest absolute Gasteiger partial charge is 0.150 e. The van der Waals surface area contributed by atoms with E-state index in [2.05, 4.69) is 9.97 Å². The summed E-state index contributed by atoms with van der Waals surface area (Å²) in [5, 5.41) is 2.12. The van der Waals surface area contributed by atoms with Gasteiger partial charge >= 0.3 is 0 Å². The highest BCUT2D eigenvalue weighted by Crippen LogP contribution is 2.37. The zero-order chi connectivity index (χ0) is 14.9. The van der Waals surface area contributed by atoms with E-state index in [1.807, 2.05) is 24.3 Å². The maximum atomic E-state index is 11.8. The Balaban J connectivity index is 1.82. The van der Waals surface area contributed by atoms with Crippen molar-refractivity contribution in [2.24, 2.45) is 0 Å².